The minimum Gasteiger partial charge on any atom is -0.368 e. The van der Waals surface area contributed by atoms with Crippen molar-refractivity contribution in [3.05, 3.63) is 40.5 Å². The number of nitrogens with two attached hydrogens (primary N) is 1. The molecule has 0 radical (unpaired) electrons. The smallest absolute Gasteiger partial charge is 0.138 e. The lowest BCUT2D eigenvalue weighted by atomic mass is 10.0. The van der Waals surface area contributed by atoms with E-state index >= 15 is 0 Å². The number of hydrogen-bond donors (Lipinski definition) is 2. The van der Waals surface area contributed by atoms with Gasteiger partial charge < -0.3 is 11.1 Å². The molecular formula is C15H15ClN4S. The Balaban J connectivity index is 2.21. The third-order valence-corrected chi connectivity index (χ3v) is 4.50. The zero-order valence-corrected chi connectivity index (χ0v) is 13.1. The van der Waals surface area contributed by atoms with E-state index in [4.69, 9.17) is 17.3 Å². The van der Waals surface area contributed by atoms with Gasteiger partial charge >= 0.3 is 0 Å². The first-order valence-electron chi connectivity index (χ1n) is 6.64. The molecule has 1 aromatic carbocycles. The van der Waals surface area contributed by atoms with E-state index in [1.54, 1.807) is 17.7 Å². The molecule has 108 valence electrons. The molecule has 0 saturated carbocycles. The number of aromatic nitrogens is 2. The monoisotopic (exact) mass is 318 g/mol. The molecule has 6 heteroatoms. The van der Waals surface area contributed by atoms with Crippen LogP contribution in [0.5, 0.6) is 0 Å². The molecule has 0 amide bonds. The summed E-state index contributed by atoms with van der Waals surface area (Å²) in [6, 6.07) is 7.85. The quantitative estimate of drug-likeness (QED) is 0.770. The molecule has 3 aromatic rings. The summed E-state index contributed by atoms with van der Waals surface area (Å²) in [6.07, 6.45) is 1.59. The molecule has 3 rings (SSSR count). The topological polar surface area (TPSA) is 63.8 Å². The molecule has 2 heterocycles. The predicted octanol–water partition coefficient (Wildman–Crippen LogP) is 3.69. The fourth-order valence-electron chi connectivity index (χ4n) is 2.33. The first kappa shape index (κ1) is 14.3. The van der Waals surface area contributed by atoms with Crippen LogP contribution in [0.1, 0.15) is 4.88 Å². The van der Waals surface area contributed by atoms with Crippen LogP contribution in [0.3, 0.4) is 0 Å². The number of rotatable bonds is 4. The number of anilines is 1. The average Bonchev–Trinajstić information content (AvgIpc) is 2.82. The van der Waals surface area contributed by atoms with Crippen molar-refractivity contribution in [3.8, 4) is 11.1 Å². The summed E-state index contributed by atoms with van der Waals surface area (Å²) in [5, 5.41) is 5.06. The van der Waals surface area contributed by atoms with Crippen molar-refractivity contribution >= 4 is 39.0 Å². The van der Waals surface area contributed by atoms with E-state index in [0.717, 1.165) is 32.2 Å². The number of benzene rings is 1. The van der Waals surface area contributed by atoms with Crippen LogP contribution < -0.4 is 11.1 Å². The van der Waals surface area contributed by atoms with Crippen LogP contribution in [0.25, 0.3) is 21.3 Å². The fraction of sp³-hybridized carbons (Fsp3) is 0.200. The van der Waals surface area contributed by atoms with Gasteiger partial charge in [0.2, 0.25) is 0 Å². The van der Waals surface area contributed by atoms with Crippen LogP contribution in [0.4, 0.5) is 5.82 Å². The Bertz CT molecular complexity index is 767. The van der Waals surface area contributed by atoms with Gasteiger partial charge in [-0.15, -0.1) is 11.3 Å². The van der Waals surface area contributed by atoms with Gasteiger partial charge in [-0.05, 0) is 24.6 Å². The molecule has 0 aliphatic heterocycles. The molecule has 0 saturated heterocycles. The highest BCUT2D eigenvalue weighted by atomic mass is 35.5. The second kappa shape index (κ2) is 5.97. The predicted molar refractivity (Wildman–Crippen MR) is 90.1 cm³/mol. The van der Waals surface area contributed by atoms with Crippen molar-refractivity contribution in [3.63, 3.8) is 0 Å². The van der Waals surface area contributed by atoms with E-state index in [2.05, 4.69) is 22.2 Å². The molecule has 0 fully saturated rings. The molecule has 0 aliphatic rings. The molecule has 2 aromatic heterocycles. The van der Waals surface area contributed by atoms with E-state index < -0.39 is 0 Å². The summed E-state index contributed by atoms with van der Waals surface area (Å²) in [5.41, 5.74) is 7.85. The average molecular weight is 319 g/mol. The Morgan fingerprint density at radius 1 is 1.24 bits per heavy atom. The van der Waals surface area contributed by atoms with Gasteiger partial charge in [0.1, 0.15) is 17.0 Å². The van der Waals surface area contributed by atoms with Gasteiger partial charge in [-0.25, -0.2) is 9.97 Å². The molecule has 0 aliphatic carbocycles. The van der Waals surface area contributed by atoms with Crippen molar-refractivity contribution < 1.29 is 0 Å². The van der Waals surface area contributed by atoms with Crippen LogP contribution in [-0.2, 0) is 0 Å². The molecule has 0 spiro atoms. The fourth-order valence-corrected chi connectivity index (χ4v) is 3.47. The largest absolute Gasteiger partial charge is 0.368 e. The second-order valence-electron chi connectivity index (χ2n) is 4.66. The molecule has 0 atom stereocenters. The van der Waals surface area contributed by atoms with Crippen LogP contribution in [0.2, 0.25) is 5.02 Å². The molecule has 0 unspecified atom stereocenters. The summed E-state index contributed by atoms with van der Waals surface area (Å²) < 4.78 is 0. The maximum atomic E-state index is 5.98. The first-order valence-corrected chi connectivity index (χ1v) is 7.84. The number of halogens is 1. The number of fused-ring (bicyclic) bond motifs is 1. The number of aryl methyl sites for hydroxylation is 1. The van der Waals surface area contributed by atoms with Gasteiger partial charge in [-0.2, -0.15) is 0 Å². The van der Waals surface area contributed by atoms with E-state index in [1.807, 2.05) is 24.3 Å². The van der Waals surface area contributed by atoms with Gasteiger partial charge in [-0.3, -0.25) is 0 Å². The van der Waals surface area contributed by atoms with E-state index in [-0.39, 0.29) is 0 Å². The second-order valence-corrected chi connectivity index (χ2v) is 6.30. The normalized spacial score (nSPS) is 11.0. The molecule has 0 bridgehead atoms. The lowest BCUT2D eigenvalue weighted by molar-refractivity contribution is 1.01. The van der Waals surface area contributed by atoms with Crippen molar-refractivity contribution in [2.45, 2.75) is 6.92 Å². The highest BCUT2D eigenvalue weighted by molar-refractivity contribution is 7.19. The van der Waals surface area contributed by atoms with Gasteiger partial charge in [-0.1, -0.05) is 23.7 Å². The lowest BCUT2D eigenvalue weighted by Crippen LogP contribution is -2.14. The Kier molecular flexibility index (Phi) is 4.05. The Morgan fingerprint density at radius 2 is 2.00 bits per heavy atom. The van der Waals surface area contributed by atoms with Crippen LogP contribution in [-0.4, -0.2) is 23.1 Å². The summed E-state index contributed by atoms with van der Waals surface area (Å²) in [5.74, 6) is 0.833. The standard InChI is InChI=1S/C15H15ClN4S/c1-9-12(10-2-4-11(16)5-3-10)13-14(18-7-6-17)19-8-20-15(13)21-9/h2-5,8H,6-7,17H2,1H3,(H,18,19,20). The van der Waals surface area contributed by atoms with E-state index in [9.17, 15) is 0 Å². The third kappa shape index (κ3) is 2.72. The van der Waals surface area contributed by atoms with Crippen LogP contribution in [0, 0.1) is 6.92 Å². The van der Waals surface area contributed by atoms with Gasteiger partial charge in [0.15, 0.2) is 0 Å². The number of hydrogen-bond acceptors (Lipinski definition) is 5. The zero-order valence-electron chi connectivity index (χ0n) is 11.6. The van der Waals surface area contributed by atoms with Gasteiger partial charge in [0.05, 0.1) is 5.39 Å². The van der Waals surface area contributed by atoms with Crippen molar-refractivity contribution in [2.75, 3.05) is 18.4 Å². The lowest BCUT2D eigenvalue weighted by Gasteiger charge is -2.08. The summed E-state index contributed by atoms with van der Waals surface area (Å²) in [7, 11) is 0. The van der Waals surface area contributed by atoms with E-state index in [1.165, 1.54) is 4.88 Å². The Morgan fingerprint density at radius 3 is 2.71 bits per heavy atom. The van der Waals surface area contributed by atoms with E-state index in [0.29, 0.717) is 13.1 Å². The van der Waals surface area contributed by atoms with Crippen molar-refractivity contribution in [1.29, 1.82) is 0 Å². The Labute approximate surface area is 132 Å². The van der Waals surface area contributed by atoms with Gasteiger partial charge in [0, 0.05) is 28.6 Å². The maximum Gasteiger partial charge on any atom is 0.138 e. The number of nitrogens with one attached hydrogen (secondary N) is 1. The summed E-state index contributed by atoms with van der Waals surface area (Å²) >= 11 is 7.65. The maximum absolute atomic E-state index is 5.98. The number of thiophene rings is 1. The minimum atomic E-state index is 0.560. The number of nitrogens with zero attached hydrogens (tertiary/aromatic N) is 2. The molecule has 3 N–H and O–H groups in total. The summed E-state index contributed by atoms with van der Waals surface area (Å²) in [6.45, 7) is 3.34. The van der Waals surface area contributed by atoms with Crippen molar-refractivity contribution in [2.24, 2.45) is 5.73 Å². The Hall–Kier alpha value is -1.69. The van der Waals surface area contributed by atoms with Crippen LogP contribution >= 0.6 is 22.9 Å². The van der Waals surface area contributed by atoms with Crippen molar-refractivity contribution in [1.82, 2.24) is 9.97 Å². The molecule has 4 nitrogen and oxygen atoms in total. The summed E-state index contributed by atoms with van der Waals surface area (Å²) in [4.78, 5) is 10.9. The molecule has 21 heavy (non-hydrogen) atoms. The molecular weight excluding hydrogens is 304 g/mol. The minimum absolute atomic E-state index is 0.560. The zero-order chi connectivity index (χ0) is 14.8. The third-order valence-electron chi connectivity index (χ3n) is 3.23. The van der Waals surface area contributed by atoms with Crippen LogP contribution in [0.15, 0.2) is 30.6 Å². The SMILES string of the molecule is Cc1sc2ncnc(NCCN)c2c1-c1ccc(Cl)cc1. The van der Waals surface area contributed by atoms with Gasteiger partial charge in [0.25, 0.3) is 0 Å². The first-order chi connectivity index (χ1) is 10.2. The highest BCUT2D eigenvalue weighted by Gasteiger charge is 2.16. The highest BCUT2D eigenvalue weighted by Crippen LogP contribution is 2.40.